The molecule has 0 fully saturated rings. The number of fused-ring (bicyclic) bond motifs is 1. The molecule has 0 aliphatic rings. The molecule has 0 saturated carbocycles. The van der Waals surface area contributed by atoms with Crippen LogP contribution in [-0.4, -0.2) is 9.97 Å². The van der Waals surface area contributed by atoms with Gasteiger partial charge < -0.3 is 4.42 Å². The van der Waals surface area contributed by atoms with Gasteiger partial charge in [-0.2, -0.15) is 5.10 Å². The molecular formula is C23H21ClN4O. The quantitative estimate of drug-likeness (QED) is 0.444. The summed E-state index contributed by atoms with van der Waals surface area (Å²) in [6.45, 7) is 7.97. The maximum atomic E-state index is 6.22. The second kappa shape index (κ2) is 7.68. The van der Waals surface area contributed by atoms with Gasteiger partial charge in [-0.25, -0.2) is 15.4 Å². The summed E-state index contributed by atoms with van der Waals surface area (Å²) in [4.78, 5) is 8.80. The van der Waals surface area contributed by atoms with Crippen molar-refractivity contribution < 1.29 is 4.42 Å². The summed E-state index contributed by atoms with van der Waals surface area (Å²) in [5.41, 5.74) is 8.70. The highest BCUT2D eigenvalue weighted by Gasteiger charge is 2.09. The minimum atomic E-state index is 0.467. The Hall–Kier alpha value is -3.18. The van der Waals surface area contributed by atoms with Crippen molar-refractivity contribution in [3.8, 4) is 11.3 Å². The molecule has 4 aromatic rings. The fraction of sp³-hybridized carbons (Fsp3) is 0.174. The Morgan fingerprint density at radius 2 is 1.59 bits per heavy atom. The first-order valence-corrected chi connectivity index (χ1v) is 9.70. The predicted molar refractivity (Wildman–Crippen MR) is 117 cm³/mol. The molecule has 146 valence electrons. The van der Waals surface area contributed by atoms with E-state index in [1.807, 2.05) is 56.3 Å². The molecule has 0 atom stereocenters. The highest BCUT2D eigenvalue weighted by molar-refractivity contribution is 6.30. The first-order chi connectivity index (χ1) is 13.9. The average molecular weight is 405 g/mol. The highest BCUT2D eigenvalue weighted by Crippen LogP contribution is 2.26. The van der Waals surface area contributed by atoms with Crippen LogP contribution < -0.4 is 10.8 Å². The van der Waals surface area contributed by atoms with Gasteiger partial charge in [-0.3, -0.25) is 0 Å². The van der Waals surface area contributed by atoms with Gasteiger partial charge >= 0.3 is 0 Å². The first kappa shape index (κ1) is 19.2. The van der Waals surface area contributed by atoms with E-state index in [2.05, 4.69) is 40.4 Å². The van der Waals surface area contributed by atoms with Crippen molar-refractivity contribution >= 4 is 28.5 Å². The van der Waals surface area contributed by atoms with Gasteiger partial charge in [-0.05, 0) is 75.2 Å². The normalized spacial score (nSPS) is 11.8. The fourth-order valence-corrected chi connectivity index (χ4v) is 3.54. The molecule has 0 amide bonds. The smallest absolute Gasteiger partial charge is 0.243 e. The van der Waals surface area contributed by atoms with Crippen LogP contribution in [0.3, 0.4) is 0 Å². The zero-order chi connectivity index (χ0) is 20.5. The van der Waals surface area contributed by atoms with Crippen LogP contribution in [0.25, 0.3) is 22.3 Å². The standard InChI is InChI=1S/C23H21ClN4O/c1-13-9-14(2)22-19(27-28-23-25-15(3)11-16(4)26-23)12-20(29-21(22)10-13)17-5-7-18(24)8-6-17/h5-12H,1-4H3,(H,25,26,28)/b27-19+. The van der Waals surface area contributed by atoms with Crippen LogP contribution >= 0.6 is 11.6 Å². The molecule has 0 spiro atoms. The molecule has 0 aliphatic carbocycles. The number of benzene rings is 2. The molecule has 2 aromatic carbocycles. The van der Waals surface area contributed by atoms with Crippen LogP contribution in [-0.2, 0) is 0 Å². The van der Waals surface area contributed by atoms with Crippen molar-refractivity contribution in [2.24, 2.45) is 5.10 Å². The number of nitrogens with zero attached hydrogens (tertiary/aromatic N) is 3. The van der Waals surface area contributed by atoms with Gasteiger partial charge in [0.2, 0.25) is 5.95 Å². The number of aromatic nitrogens is 2. The Balaban J connectivity index is 1.91. The average Bonchev–Trinajstić information content (AvgIpc) is 2.65. The lowest BCUT2D eigenvalue weighted by atomic mass is 10.1. The van der Waals surface area contributed by atoms with Crippen LogP contribution in [0.2, 0.25) is 5.02 Å². The molecule has 29 heavy (non-hydrogen) atoms. The Morgan fingerprint density at radius 1 is 0.897 bits per heavy atom. The molecule has 2 aromatic heterocycles. The molecule has 0 bridgehead atoms. The number of hydrogen-bond acceptors (Lipinski definition) is 5. The topological polar surface area (TPSA) is 63.3 Å². The second-order valence-corrected chi connectivity index (χ2v) is 7.59. The highest BCUT2D eigenvalue weighted by atomic mass is 35.5. The van der Waals surface area contributed by atoms with Crippen molar-refractivity contribution in [1.82, 2.24) is 9.97 Å². The minimum Gasteiger partial charge on any atom is -0.456 e. The maximum Gasteiger partial charge on any atom is 0.243 e. The Morgan fingerprint density at radius 3 is 2.28 bits per heavy atom. The number of aryl methyl sites for hydroxylation is 4. The van der Waals surface area contributed by atoms with E-state index in [-0.39, 0.29) is 0 Å². The number of anilines is 1. The predicted octanol–water partition coefficient (Wildman–Crippen LogP) is 5.70. The monoisotopic (exact) mass is 404 g/mol. The third-order valence-corrected chi connectivity index (χ3v) is 4.83. The Kier molecular flexibility index (Phi) is 5.07. The fourth-order valence-electron chi connectivity index (χ4n) is 3.41. The molecule has 2 heterocycles. The van der Waals surface area contributed by atoms with E-state index in [1.165, 1.54) is 0 Å². The molecule has 0 saturated heterocycles. The molecular weight excluding hydrogens is 384 g/mol. The van der Waals surface area contributed by atoms with E-state index in [1.54, 1.807) is 0 Å². The van der Waals surface area contributed by atoms with Gasteiger partial charge in [-0.15, -0.1) is 0 Å². The van der Waals surface area contributed by atoms with Gasteiger partial charge in [0, 0.05) is 33.4 Å². The summed E-state index contributed by atoms with van der Waals surface area (Å²) >= 11 is 6.04. The maximum absolute atomic E-state index is 6.22. The van der Waals surface area contributed by atoms with Crippen molar-refractivity contribution in [3.63, 3.8) is 0 Å². The Bertz CT molecular complexity index is 1260. The van der Waals surface area contributed by atoms with E-state index >= 15 is 0 Å². The van der Waals surface area contributed by atoms with Gasteiger partial charge in [0.15, 0.2) is 0 Å². The SMILES string of the molecule is Cc1cc(C)c2/c(=N/Nc3nc(C)cc(C)n3)cc(-c3ccc(Cl)cc3)oc2c1. The lowest BCUT2D eigenvalue weighted by Crippen LogP contribution is -2.10. The summed E-state index contributed by atoms with van der Waals surface area (Å²) in [7, 11) is 0. The zero-order valence-corrected chi connectivity index (χ0v) is 17.5. The van der Waals surface area contributed by atoms with E-state index in [4.69, 9.17) is 16.0 Å². The van der Waals surface area contributed by atoms with Gasteiger partial charge in [0.1, 0.15) is 11.3 Å². The molecule has 0 unspecified atom stereocenters. The van der Waals surface area contributed by atoms with Gasteiger partial charge in [-0.1, -0.05) is 17.7 Å². The zero-order valence-electron chi connectivity index (χ0n) is 16.7. The first-order valence-electron chi connectivity index (χ1n) is 9.32. The van der Waals surface area contributed by atoms with E-state index in [0.717, 1.165) is 44.4 Å². The van der Waals surface area contributed by atoms with Crippen LogP contribution in [0.1, 0.15) is 22.5 Å². The van der Waals surface area contributed by atoms with Crippen LogP contribution in [0.15, 0.2) is 58.0 Å². The molecule has 6 heteroatoms. The summed E-state index contributed by atoms with van der Waals surface area (Å²) in [5.74, 6) is 1.18. The van der Waals surface area contributed by atoms with Crippen molar-refractivity contribution in [1.29, 1.82) is 0 Å². The number of rotatable bonds is 3. The lowest BCUT2D eigenvalue weighted by Gasteiger charge is -2.09. The number of halogens is 1. The molecule has 0 radical (unpaired) electrons. The van der Waals surface area contributed by atoms with E-state index < -0.39 is 0 Å². The van der Waals surface area contributed by atoms with E-state index in [9.17, 15) is 0 Å². The second-order valence-electron chi connectivity index (χ2n) is 7.16. The molecule has 5 nitrogen and oxygen atoms in total. The van der Waals surface area contributed by atoms with E-state index in [0.29, 0.717) is 16.7 Å². The molecule has 0 aliphatic heterocycles. The third kappa shape index (κ3) is 4.15. The van der Waals surface area contributed by atoms with Crippen LogP contribution in [0.4, 0.5) is 5.95 Å². The molecule has 1 N–H and O–H groups in total. The number of nitrogens with one attached hydrogen (secondary N) is 1. The summed E-state index contributed by atoms with van der Waals surface area (Å²) in [6.07, 6.45) is 0. The lowest BCUT2D eigenvalue weighted by molar-refractivity contribution is 0.617. The minimum absolute atomic E-state index is 0.467. The summed E-state index contributed by atoms with van der Waals surface area (Å²) in [5, 5.41) is 7.01. The number of hydrogen-bond donors (Lipinski definition) is 1. The summed E-state index contributed by atoms with van der Waals surface area (Å²) < 4.78 is 6.22. The third-order valence-electron chi connectivity index (χ3n) is 4.57. The van der Waals surface area contributed by atoms with Gasteiger partial charge in [0.25, 0.3) is 0 Å². The largest absolute Gasteiger partial charge is 0.456 e. The van der Waals surface area contributed by atoms with Crippen LogP contribution in [0, 0.1) is 27.7 Å². The van der Waals surface area contributed by atoms with Crippen LogP contribution in [0.5, 0.6) is 0 Å². The Labute approximate surface area is 174 Å². The molecule has 4 rings (SSSR count). The van der Waals surface area contributed by atoms with Crippen molar-refractivity contribution in [2.45, 2.75) is 27.7 Å². The van der Waals surface area contributed by atoms with Gasteiger partial charge in [0.05, 0.1) is 5.36 Å². The van der Waals surface area contributed by atoms with Crippen molar-refractivity contribution in [3.05, 3.63) is 81.4 Å². The summed E-state index contributed by atoms with van der Waals surface area (Å²) in [6, 6.07) is 15.5. The van der Waals surface area contributed by atoms with Crippen molar-refractivity contribution in [2.75, 3.05) is 5.43 Å².